The van der Waals surface area contributed by atoms with Gasteiger partial charge >= 0.3 is 0 Å². The molecule has 4 heteroatoms. The van der Waals surface area contributed by atoms with Gasteiger partial charge in [0.2, 0.25) is 0 Å². The zero-order valence-corrected chi connectivity index (χ0v) is 21.0. The molecule has 0 fully saturated rings. The van der Waals surface area contributed by atoms with Crippen LogP contribution in [0.4, 0.5) is 0 Å². The average molecular weight is 375 g/mol. The standard InChI is InChI=1S/C20H46O2Si2/c1-14-16(2)18(22-24(12,13)20(7,8)9)17(3)15-21-23(10,11)19(4,5)6/h16-18H,14-15H2,1-13H3/t16-,17+,18-/m0/s1. The van der Waals surface area contributed by atoms with E-state index in [0.717, 1.165) is 13.0 Å². The summed E-state index contributed by atoms with van der Waals surface area (Å²) in [6.45, 7) is 31.0. The highest BCUT2D eigenvalue weighted by Gasteiger charge is 2.42. The molecule has 0 aliphatic carbocycles. The van der Waals surface area contributed by atoms with Gasteiger partial charge in [-0.2, -0.15) is 0 Å². The first-order valence-electron chi connectivity index (χ1n) is 9.78. The van der Waals surface area contributed by atoms with Gasteiger partial charge in [-0.15, -0.1) is 0 Å². The second-order valence-corrected chi connectivity index (χ2v) is 20.3. The van der Waals surface area contributed by atoms with Crippen molar-refractivity contribution >= 4 is 16.6 Å². The normalized spacial score (nSPS) is 18.4. The molecule has 0 rings (SSSR count). The third kappa shape index (κ3) is 6.58. The molecule has 24 heavy (non-hydrogen) atoms. The highest BCUT2D eigenvalue weighted by Crippen LogP contribution is 2.40. The van der Waals surface area contributed by atoms with Crippen LogP contribution in [0.3, 0.4) is 0 Å². The molecule has 0 aromatic carbocycles. The lowest BCUT2D eigenvalue weighted by Crippen LogP contribution is -2.49. The fourth-order valence-electron chi connectivity index (χ4n) is 2.19. The van der Waals surface area contributed by atoms with Gasteiger partial charge in [-0.25, -0.2) is 0 Å². The van der Waals surface area contributed by atoms with Gasteiger partial charge in [0.15, 0.2) is 16.6 Å². The minimum Gasteiger partial charge on any atom is -0.416 e. The molecule has 0 saturated heterocycles. The molecule has 0 aliphatic heterocycles. The summed E-state index contributed by atoms with van der Waals surface area (Å²) in [6, 6.07) is 0. The van der Waals surface area contributed by atoms with Crippen molar-refractivity contribution in [3.8, 4) is 0 Å². The molecule has 146 valence electrons. The maximum absolute atomic E-state index is 6.84. The lowest BCUT2D eigenvalue weighted by Gasteiger charge is -2.44. The molecule has 3 atom stereocenters. The molecular formula is C20H46O2Si2. The van der Waals surface area contributed by atoms with Crippen molar-refractivity contribution in [2.45, 2.75) is 111 Å². The van der Waals surface area contributed by atoms with E-state index in [9.17, 15) is 0 Å². The van der Waals surface area contributed by atoms with Crippen LogP contribution < -0.4 is 0 Å². The Kier molecular flexibility index (Phi) is 8.49. The first kappa shape index (κ1) is 24.4. The van der Waals surface area contributed by atoms with Crippen LogP contribution in [0.2, 0.25) is 36.3 Å². The SMILES string of the molecule is CC[C@H](C)[C@H](O[Si](C)(C)C(C)(C)C)[C@H](C)CO[Si](C)(C)C(C)(C)C. The van der Waals surface area contributed by atoms with Crippen LogP contribution in [0, 0.1) is 11.8 Å². The molecule has 0 spiro atoms. The first-order chi connectivity index (χ1) is 10.5. The summed E-state index contributed by atoms with van der Waals surface area (Å²) in [4.78, 5) is 0. The lowest BCUT2D eigenvalue weighted by atomic mass is 9.92. The molecule has 2 nitrogen and oxygen atoms in total. The number of hydrogen-bond acceptors (Lipinski definition) is 2. The highest BCUT2D eigenvalue weighted by atomic mass is 28.4. The summed E-state index contributed by atoms with van der Waals surface area (Å²) >= 11 is 0. The lowest BCUT2D eigenvalue weighted by molar-refractivity contribution is 0.0470. The van der Waals surface area contributed by atoms with E-state index in [-0.39, 0.29) is 10.1 Å². The Morgan fingerprint density at radius 3 is 1.50 bits per heavy atom. The Morgan fingerprint density at radius 1 is 0.750 bits per heavy atom. The van der Waals surface area contributed by atoms with E-state index in [2.05, 4.69) is 88.5 Å². The average Bonchev–Trinajstić information content (AvgIpc) is 2.38. The molecule has 0 aromatic heterocycles. The zero-order valence-electron chi connectivity index (χ0n) is 19.0. The molecule has 0 bridgehead atoms. The molecule has 0 aromatic rings. The third-order valence-corrected chi connectivity index (χ3v) is 15.5. The van der Waals surface area contributed by atoms with Crippen LogP contribution in [-0.2, 0) is 8.85 Å². The first-order valence-corrected chi connectivity index (χ1v) is 15.6. The summed E-state index contributed by atoms with van der Waals surface area (Å²) in [5.41, 5.74) is 0. The molecule has 0 saturated carbocycles. The predicted octanol–water partition coefficient (Wildman–Crippen LogP) is 7.08. The monoisotopic (exact) mass is 374 g/mol. The smallest absolute Gasteiger partial charge is 0.192 e. The van der Waals surface area contributed by atoms with Gasteiger partial charge in [-0.3, -0.25) is 0 Å². The van der Waals surface area contributed by atoms with E-state index < -0.39 is 16.6 Å². The summed E-state index contributed by atoms with van der Waals surface area (Å²) in [6.07, 6.45) is 1.45. The van der Waals surface area contributed by atoms with Crippen LogP contribution in [0.5, 0.6) is 0 Å². The van der Waals surface area contributed by atoms with E-state index in [1.54, 1.807) is 0 Å². The van der Waals surface area contributed by atoms with Crippen LogP contribution in [0.25, 0.3) is 0 Å². The van der Waals surface area contributed by atoms with Gasteiger partial charge in [-0.05, 0) is 42.2 Å². The Morgan fingerprint density at radius 2 is 1.17 bits per heavy atom. The van der Waals surface area contributed by atoms with E-state index in [0.29, 0.717) is 17.9 Å². The highest BCUT2D eigenvalue weighted by molar-refractivity contribution is 6.74. The predicted molar refractivity (Wildman–Crippen MR) is 114 cm³/mol. The fourth-order valence-corrected chi connectivity index (χ4v) is 4.80. The maximum atomic E-state index is 6.84. The van der Waals surface area contributed by atoms with Crippen LogP contribution in [0.15, 0.2) is 0 Å². The largest absolute Gasteiger partial charge is 0.416 e. The fraction of sp³-hybridized carbons (Fsp3) is 1.00. The number of rotatable bonds is 8. The van der Waals surface area contributed by atoms with Gasteiger partial charge in [0.05, 0.1) is 6.10 Å². The van der Waals surface area contributed by atoms with Crippen molar-refractivity contribution in [1.29, 1.82) is 0 Å². The second-order valence-electron chi connectivity index (χ2n) is 10.8. The van der Waals surface area contributed by atoms with Crippen LogP contribution in [-0.4, -0.2) is 29.3 Å². The summed E-state index contributed by atoms with van der Waals surface area (Å²) in [5, 5.41) is 0.512. The second kappa shape index (κ2) is 8.36. The summed E-state index contributed by atoms with van der Waals surface area (Å²) in [5.74, 6) is 1.00. The summed E-state index contributed by atoms with van der Waals surface area (Å²) in [7, 11) is -3.46. The Hall–Kier alpha value is 0.354. The minimum atomic E-state index is -1.77. The van der Waals surface area contributed by atoms with Gasteiger partial charge in [-0.1, -0.05) is 68.7 Å². The van der Waals surface area contributed by atoms with Gasteiger partial charge in [0.1, 0.15) is 0 Å². The zero-order chi connectivity index (χ0) is 19.6. The molecule has 0 amide bonds. The van der Waals surface area contributed by atoms with E-state index in [1.807, 2.05) is 0 Å². The van der Waals surface area contributed by atoms with Crippen molar-refractivity contribution in [2.75, 3.05) is 6.61 Å². The van der Waals surface area contributed by atoms with Gasteiger partial charge < -0.3 is 8.85 Å². The molecular weight excluding hydrogens is 328 g/mol. The van der Waals surface area contributed by atoms with Gasteiger partial charge in [0, 0.05) is 12.5 Å². The Labute approximate surface area is 155 Å². The van der Waals surface area contributed by atoms with Crippen molar-refractivity contribution in [2.24, 2.45) is 11.8 Å². The van der Waals surface area contributed by atoms with Crippen molar-refractivity contribution in [1.82, 2.24) is 0 Å². The van der Waals surface area contributed by atoms with E-state index >= 15 is 0 Å². The van der Waals surface area contributed by atoms with Gasteiger partial charge in [0.25, 0.3) is 0 Å². The van der Waals surface area contributed by atoms with E-state index in [4.69, 9.17) is 8.85 Å². The van der Waals surface area contributed by atoms with Crippen molar-refractivity contribution in [3.05, 3.63) is 0 Å². The molecule has 0 unspecified atom stereocenters. The van der Waals surface area contributed by atoms with E-state index in [1.165, 1.54) is 0 Å². The Balaban J connectivity index is 5.15. The third-order valence-electron chi connectivity index (χ3n) is 6.52. The molecule has 0 aliphatic rings. The van der Waals surface area contributed by atoms with Crippen LogP contribution >= 0.6 is 0 Å². The molecule has 0 radical (unpaired) electrons. The summed E-state index contributed by atoms with van der Waals surface area (Å²) < 4.78 is 13.3. The van der Waals surface area contributed by atoms with Crippen LogP contribution in [0.1, 0.15) is 68.7 Å². The molecule has 0 N–H and O–H groups in total. The van der Waals surface area contributed by atoms with Crippen molar-refractivity contribution in [3.63, 3.8) is 0 Å². The maximum Gasteiger partial charge on any atom is 0.192 e. The quantitative estimate of drug-likeness (QED) is 0.422. The topological polar surface area (TPSA) is 18.5 Å². The van der Waals surface area contributed by atoms with Crippen molar-refractivity contribution < 1.29 is 8.85 Å². The Bertz CT molecular complexity index is 378. The number of hydrogen-bond donors (Lipinski definition) is 0. The molecule has 0 heterocycles. The minimum absolute atomic E-state index is 0.249.